The molecule has 3 rings (SSSR count). The summed E-state index contributed by atoms with van der Waals surface area (Å²) >= 11 is 0. The van der Waals surface area contributed by atoms with Crippen molar-refractivity contribution in [2.75, 3.05) is 14.2 Å². The molecule has 0 amide bonds. The van der Waals surface area contributed by atoms with E-state index in [0.29, 0.717) is 12.3 Å². The normalized spacial score (nSPS) is 11.8. The highest BCUT2D eigenvalue weighted by molar-refractivity contribution is 5.70. The summed E-state index contributed by atoms with van der Waals surface area (Å²) < 4.78 is 45.9. The average Bonchev–Trinajstić information content (AvgIpc) is 2.79. The molecule has 176 valence electrons. The maximum absolute atomic E-state index is 13.4. The van der Waals surface area contributed by atoms with Crippen molar-refractivity contribution < 1.29 is 17.9 Å². The van der Waals surface area contributed by atoms with Gasteiger partial charge in [0.25, 0.3) is 0 Å². The minimum absolute atomic E-state index is 0.165. The standard InChI is InChI=1S/C27H31F3N2O/c1-6-19-12-10-13-20(7-2)26(19)24-15-25(33-5)22(18(3)31-24)17-32(4)16-21-11-8-9-14-23(21)27(28,29)30/h8-15H,6-7,16-17H2,1-5H3. The molecule has 2 aromatic carbocycles. The van der Waals surface area contributed by atoms with E-state index in [4.69, 9.17) is 9.72 Å². The largest absolute Gasteiger partial charge is 0.496 e. The van der Waals surface area contributed by atoms with Crippen molar-refractivity contribution in [3.63, 3.8) is 0 Å². The lowest BCUT2D eigenvalue weighted by molar-refractivity contribution is -0.138. The quantitative estimate of drug-likeness (QED) is 0.371. The molecule has 0 saturated carbocycles. The summed E-state index contributed by atoms with van der Waals surface area (Å²) in [5, 5.41) is 0. The van der Waals surface area contributed by atoms with Gasteiger partial charge in [-0.05, 0) is 49.6 Å². The Morgan fingerprint density at radius 3 is 2.09 bits per heavy atom. The summed E-state index contributed by atoms with van der Waals surface area (Å²) in [7, 11) is 3.43. The van der Waals surface area contributed by atoms with Gasteiger partial charge in [0.05, 0.1) is 18.4 Å². The molecule has 6 heteroatoms. The van der Waals surface area contributed by atoms with Crippen LogP contribution in [0.5, 0.6) is 5.75 Å². The zero-order chi connectivity index (χ0) is 24.2. The van der Waals surface area contributed by atoms with Crippen LogP contribution in [0.1, 0.15) is 47.4 Å². The van der Waals surface area contributed by atoms with E-state index in [-0.39, 0.29) is 12.1 Å². The molecule has 0 fully saturated rings. The number of alkyl halides is 3. The third-order valence-electron chi connectivity index (χ3n) is 5.96. The third kappa shape index (κ3) is 5.56. The molecule has 0 aliphatic heterocycles. The maximum atomic E-state index is 13.4. The zero-order valence-corrected chi connectivity index (χ0v) is 19.9. The Bertz CT molecular complexity index is 1090. The van der Waals surface area contributed by atoms with Gasteiger partial charge in [-0.2, -0.15) is 13.2 Å². The van der Waals surface area contributed by atoms with E-state index in [0.717, 1.165) is 41.4 Å². The monoisotopic (exact) mass is 456 g/mol. The number of aryl methyl sites for hydroxylation is 3. The van der Waals surface area contributed by atoms with Gasteiger partial charge < -0.3 is 4.74 Å². The number of halogens is 3. The molecule has 0 saturated heterocycles. The Balaban J connectivity index is 1.94. The molecule has 0 bridgehead atoms. The number of methoxy groups -OCH3 is 1. The first-order chi connectivity index (χ1) is 15.7. The van der Waals surface area contributed by atoms with Crippen molar-refractivity contribution in [2.24, 2.45) is 0 Å². The molecular formula is C27H31F3N2O. The van der Waals surface area contributed by atoms with Gasteiger partial charge in [0.1, 0.15) is 5.75 Å². The molecule has 3 nitrogen and oxygen atoms in total. The van der Waals surface area contributed by atoms with Crippen molar-refractivity contribution in [2.45, 2.75) is 52.9 Å². The van der Waals surface area contributed by atoms with Crippen molar-refractivity contribution in [3.8, 4) is 17.0 Å². The molecule has 0 spiro atoms. The second kappa shape index (κ2) is 10.4. The number of hydrogen-bond acceptors (Lipinski definition) is 3. The minimum atomic E-state index is -4.38. The maximum Gasteiger partial charge on any atom is 0.416 e. The molecule has 1 aromatic heterocycles. The van der Waals surface area contributed by atoms with Gasteiger partial charge in [0.15, 0.2) is 0 Å². The summed E-state index contributed by atoms with van der Waals surface area (Å²) in [6.07, 6.45) is -2.58. The summed E-state index contributed by atoms with van der Waals surface area (Å²) in [5.41, 5.74) is 5.81. The molecule has 3 aromatic rings. The van der Waals surface area contributed by atoms with Crippen LogP contribution in [-0.2, 0) is 32.1 Å². The van der Waals surface area contributed by atoms with Crippen LogP contribution in [0.4, 0.5) is 13.2 Å². The number of pyridine rings is 1. The Kier molecular flexibility index (Phi) is 7.80. The van der Waals surface area contributed by atoms with Gasteiger partial charge in [-0.25, -0.2) is 0 Å². The van der Waals surface area contributed by atoms with Crippen LogP contribution in [0.15, 0.2) is 48.5 Å². The Morgan fingerprint density at radius 1 is 0.909 bits per heavy atom. The molecule has 0 radical (unpaired) electrons. The van der Waals surface area contributed by atoms with Crippen molar-refractivity contribution in [3.05, 3.63) is 82.0 Å². The highest BCUT2D eigenvalue weighted by Gasteiger charge is 2.33. The van der Waals surface area contributed by atoms with Crippen LogP contribution in [-0.4, -0.2) is 24.0 Å². The summed E-state index contributed by atoms with van der Waals surface area (Å²) in [6, 6.07) is 14.0. The van der Waals surface area contributed by atoms with Crippen LogP contribution in [0.2, 0.25) is 0 Å². The van der Waals surface area contributed by atoms with Gasteiger partial charge >= 0.3 is 6.18 Å². The number of nitrogens with zero attached hydrogens (tertiary/aromatic N) is 2. The van der Waals surface area contributed by atoms with E-state index in [2.05, 4.69) is 32.0 Å². The Morgan fingerprint density at radius 2 is 1.52 bits per heavy atom. The van der Waals surface area contributed by atoms with Crippen LogP contribution in [0.25, 0.3) is 11.3 Å². The molecule has 0 aliphatic rings. The molecule has 0 atom stereocenters. The first-order valence-electron chi connectivity index (χ1n) is 11.2. The molecule has 0 unspecified atom stereocenters. The highest BCUT2D eigenvalue weighted by Crippen LogP contribution is 2.35. The first-order valence-corrected chi connectivity index (χ1v) is 11.2. The lowest BCUT2D eigenvalue weighted by Gasteiger charge is -2.23. The van der Waals surface area contributed by atoms with Crippen molar-refractivity contribution in [1.82, 2.24) is 9.88 Å². The van der Waals surface area contributed by atoms with E-state index in [1.165, 1.54) is 23.3 Å². The van der Waals surface area contributed by atoms with Crippen LogP contribution in [0.3, 0.4) is 0 Å². The summed E-state index contributed by atoms with van der Waals surface area (Å²) in [4.78, 5) is 6.75. The van der Waals surface area contributed by atoms with Gasteiger partial charge in [0, 0.05) is 36.0 Å². The summed E-state index contributed by atoms with van der Waals surface area (Å²) in [5.74, 6) is 0.696. The molecule has 0 aliphatic carbocycles. The lowest BCUT2D eigenvalue weighted by atomic mass is 9.94. The number of ether oxygens (including phenoxy) is 1. The van der Waals surface area contributed by atoms with Crippen molar-refractivity contribution >= 4 is 0 Å². The third-order valence-corrected chi connectivity index (χ3v) is 5.96. The van der Waals surface area contributed by atoms with E-state index in [1.807, 2.05) is 24.9 Å². The zero-order valence-electron chi connectivity index (χ0n) is 19.9. The lowest BCUT2D eigenvalue weighted by Crippen LogP contribution is -2.21. The van der Waals surface area contributed by atoms with Crippen LogP contribution < -0.4 is 4.74 Å². The molecule has 0 N–H and O–H groups in total. The van der Waals surface area contributed by atoms with E-state index in [9.17, 15) is 13.2 Å². The topological polar surface area (TPSA) is 25.4 Å². The number of rotatable bonds is 8. The first kappa shape index (κ1) is 24.8. The highest BCUT2D eigenvalue weighted by atomic mass is 19.4. The number of benzene rings is 2. The molecular weight excluding hydrogens is 425 g/mol. The predicted octanol–water partition coefficient (Wildman–Crippen LogP) is 6.84. The molecule has 1 heterocycles. The number of hydrogen-bond donors (Lipinski definition) is 0. The Hall–Kier alpha value is -2.86. The summed E-state index contributed by atoms with van der Waals surface area (Å²) in [6.45, 7) is 6.78. The fourth-order valence-corrected chi connectivity index (χ4v) is 4.30. The number of aromatic nitrogens is 1. The smallest absolute Gasteiger partial charge is 0.416 e. The van der Waals surface area contributed by atoms with E-state index >= 15 is 0 Å². The van der Waals surface area contributed by atoms with E-state index < -0.39 is 11.7 Å². The average molecular weight is 457 g/mol. The second-order valence-electron chi connectivity index (χ2n) is 8.26. The minimum Gasteiger partial charge on any atom is -0.496 e. The fourth-order valence-electron chi connectivity index (χ4n) is 4.30. The van der Waals surface area contributed by atoms with Gasteiger partial charge in [-0.1, -0.05) is 50.2 Å². The van der Waals surface area contributed by atoms with Gasteiger partial charge in [-0.3, -0.25) is 9.88 Å². The van der Waals surface area contributed by atoms with Gasteiger partial charge in [0.2, 0.25) is 0 Å². The second-order valence-corrected chi connectivity index (χ2v) is 8.26. The van der Waals surface area contributed by atoms with Crippen LogP contribution in [0, 0.1) is 6.92 Å². The van der Waals surface area contributed by atoms with Crippen LogP contribution >= 0.6 is 0 Å². The van der Waals surface area contributed by atoms with E-state index in [1.54, 1.807) is 13.2 Å². The molecule has 33 heavy (non-hydrogen) atoms. The predicted molar refractivity (Wildman–Crippen MR) is 126 cm³/mol. The SMILES string of the molecule is CCc1cccc(CC)c1-c1cc(OC)c(CN(C)Cc2ccccc2C(F)(F)F)c(C)n1. The fraction of sp³-hybridized carbons (Fsp3) is 0.370. The van der Waals surface area contributed by atoms with Crippen molar-refractivity contribution in [1.29, 1.82) is 0 Å². The van der Waals surface area contributed by atoms with Gasteiger partial charge in [-0.15, -0.1) is 0 Å². The Labute approximate surface area is 194 Å².